The maximum Gasteiger partial charge on any atom is 0.491 e. The zero-order valence-corrected chi connectivity index (χ0v) is 11.1. The monoisotopic (exact) mass is 361 g/mol. The van der Waals surface area contributed by atoms with Crippen molar-refractivity contribution in [1.82, 2.24) is 0 Å². The summed E-state index contributed by atoms with van der Waals surface area (Å²) in [5.74, 6) is -6.33. The van der Waals surface area contributed by atoms with Crippen LogP contribution in [-0.4, -0.2) is 29.2 Å². The third-order valence-electron chi connectivity index (χ3n) is 2.28. The number of ether oxygens (including phenoxy) is 2. The van der Waals surface area contributed by atoms with Crippen LogP contribution in [0.15, 0.2) is 18.2 Å². The first-order valence-corrected chi connectivity index (χ1v) is 5.62. The lowest BCUT2D eigenvalue weighted by molar-refractivity contribution is -0.385. The van der Waals surface area contributed by atoms with E-state index in [0.717, 1.165) is 0 Å². The number of nitrogens with zero attached hydrogens (tertiary/aromatic N) is 1. The lowest BCUT2D eigenvalue weighted by Crippen LogP contribution is -2.28. The molecule has 0 atom stereocenters. The summed E-state index contributed by atoms with van der Waals surface area (Å²) in [4.78, 5) is 30.9. The molecule has 0 bridgehead atoms. The molecule has 0 aromatic heterocycles. The van der Waals surface area contributed by atoms with Crippen molar-refractivity contribution in [1.29, 1.82) is 0 Å². The van der Waals surface area contributed by atoms with Crippen molar-refractivity contribution in [3.63, 3.8) is 0 Å². The van der Waals surface area contributed by atoms with Gasteiger partial charge in [0.15, 0.2) is 0 Å². The van der Waals surface area contributed by atoms with Gasteiger partial charge in [0.2, 0.25) is 0 Å². The molecule has 7 nitrogen and oxygen atoms in total. The molecule has 0 aliphatic carbocycles. The van der Waals surface area contributed by atoms with E-state index in [9.17, 15) is 46.0 Å². The number of halogens is 6. The van der Waals surface area contributed by atoms with Gasteiger partial charge in [-0.25, -0.2) is 9.59 Å². The number of carbonyl (C=O) groups is 2. The second-order valence-corrected chi connectivity index (χ2v) is 4.01. The first-order valence-electron chi connectivity index (χ1n) is 5.62. The highest BCUT2D eigenvalue weighted by Crippen LogP contribution is 2.28. The molecular weight excluding hydrogens is 356 g/mol. The van der Waals surface area contributed by atoms with E-state index < -0.39 is 52.8 Å². The molecule has 0 N–H and O–H groups in total. The quantitative estimate of drug-likeness (QED) is 0.269. The number of alkyl halides is 6. The predicted molar refractivity (Wildman–Crippen MR) is 60.6 cm³/mol. The fourth-order valence-corrected chi connectivity index (χ4v) is 1.27. The molecule has 1 aromatic carbocycles. The molecular formula is C11H5F6NO6. The summed E-state index contributed by atoms with van der Waals surface area (Å²) < 4.78 is 80.1. The molecule has 24 heavy (non-hydrogen) atoms. The molecule has 0 fully saturated rings. The summed E-state index contributed by atoms with van der Waals surface area (Å²) in [5, 5.41) is 10.6. The van der Waals surface area contributed by atoms with Gasteiger partial charge in [0.25, 0.3) is 5.69 Å². The number of nitro benzene ring substituents is 1. The van der Waals surface area contributed by atoms with Gasteiger partial charge in [0, 0.05) is 17.7 Å². The Morgan fingerprint density at radius 1 is 1.04 bits per heavy atom. The van der Waals surface area contributed by atoms with Crippen molar-refractivity contribution in [3.05, 3.63) is 33.9 Å². The van der Waals surface area contributed by atoms with E-state index in [0.29, 0.717) is 18.2 Å². The smallest absolute Gasteiger partial charge is 0.454 e. The number of esters is 2. The van der Waals surface area contributed by atoms with Crippen molar-refractivity contribution in [2.24, 2.45) is 0 Å². The van der Waals surface area contributed by atoms with Crippen LogP contribution >= 0.6 is 0 Å². The molecule has 0 unspecified atom stereocenters. The highest BCUT2D eigenvalue weighted by Gasteiger charge is 2.42. The second kappa shape index (κ2) is 6.72. The van der Waals surface area contributed by atoms with Crippen LogP contribution in [0.25, 0.3) is 0 Å². The van der Waals surface area contributed by atoms with E-state index in [2.05, 4.69) is 9.47 Å². The van der Waals surface area contributed by atoms with Crippen molar-refractivity contribution in [2.45, 2.75) is 19.0 Å². The number of benzene rings is 1. The van der Waals surface area contributed by atoms with Gasteiger partial charge < -0.3 is 9.47 Å². The van der Waals surface area contributed by atoms with E-state index in [1.165, 1.54) is 0 Å². The summed E-state index contributed by atoms with van der Waals surface area (Å²) in [6.45, 7) is -1.31. The molecule has 0 spiro atoms. The zero-order chi connectivity index (χ0) is 18.7. The van der Waals surface area contributed by atoms with E-state index >= 15 is 0 Å². The lowest BCUT2D eigenvalue weighted by Gasteiger charge is -2.12. The Hall–Kier alpha value is -2.86. The number of non-ortho nitro benzene ring substituents is 1. The Morgan fingerprint density at radius 2 is 1.58 bits per heavy atom. The maximum absolute atomic E-state index is 12.1. The first-order chi connectivity index (χ1) is 10.8. The lowest BCUT2D eigenvalue weighted by atomic mass is 10.2. The molecule has 0 amide bonds. The van der Waals surface area contributed by atoms with Crippen molar-refractivity contribution in [3.8, 4) is 5.75 Å². The normalized spacial score (nSPS) is 11.8. The van der Waals surface area contributed by atoms with Gasteiger partial charge in [-0.2, -0.15) is 26.3 Å². The van der Waals surface area contributed by atoms with Crippen LogP contribution in [0.4, 0.5) is 32.0 Å². The molecule has 0 radical (unpaired) electrons. The summed E-state index contributed by atoms with van der Waals surface area (Å²) >= 11 is 0. The van der Waals surface area contributed by atoms with E-state index in [1.807, 2.05) is 0 Å². The number of rotatable bonds is 4. The average molecular weight is 361 g/mol. The molecule has 132 valence electrons. The van der Waals surface area contributed by atoms with Gasteiger partial charge in [-0.1, -0.05) is 0 Å². The van der Waals surface area contributed by atoms with Gasteiger partial charge in [-0.05, 0) is 6.07 Å². The van der Waals surface area contributed by atoms with E-state index in [-0.39, 0.29) is 0 Å². The third-order valence-corrected chi connectivity index (χ3v) is 2.28. The molecule has 1 rings (SSSR count). The minimum atomic E-state index is -5.41. The van der Waals surface area contributed by atoms with Crippen LogP contribution < -0.4 is 4.74 Å². The summed E-state index contributed by atoms with van der Waals surface area (Å²) in [5.41, 5.74) is -1.47. The van der Waals surface area contributed by atoms with Crippen molar-refractivity contribution >= 4 is 17.6 Å². The first kappa shape index (κ1) is 19.2. The number of hydrogen-bond donors (Lipinski definition) is 0. The van der Waals surface area contributed by atoms with Gasteiger partial charge >= 0.3 is 24.3 Å². The van der Waals surface area contributed by atoms with Crippen LogP contribution in [-0.2, 0) is 20.9 Å². The fraction of sp³-hybridized carbons (Fsp3) is 0.273. The largest absolute Gasteiger partial charge is 0.491 e. The Bertz CT molecular complexity index is 668. The van der Waals surface area contributed by atoms with Gasteiger partial charge in [0.05, 0.1) is 4.92 Å². The molecule has 0 aliphatic heterocycles. The van der Waals surface area contributed by atoms with Crippen LogP contribution in [0.2, 0.25) is 0 Å². The second-order valence-electron chi connectivity index (χ2n) is 4.01. The molecule has 0 saturated heterocycles. The van der Waals surface area contributed by atoms with Gasteiger partial charge in [-0.15, -0.1) is 0 Å². The predicted octanol–water partition coefficient (Wildman–Crippen LogP) is 2.67. The third kappa shape index (κ3) is 5.10. The van der Waals surface area contributed by atoms with Crippen LogP contribution in [0.1, 0.15) is 5.56 Å². The average Bonchev–Trinajstić information content (AvgIpc) is 2.43. The Labute approximate surface area is 127 Å². The molecule has 0 heterocycles. The minimum Gasteiger partial charge on any atom is -0.454 e. The highest BCUT2D eigenvalue weighted by molar-refractivity contribution is 5.78. The topological polar surface area (TPSA) is 95.7 Å². The number of carbonyl (C=O) groups excluding carboxylic acids is 2. The number of hydrogen-bond acceptors (Lipinski definition) is 6. The van der Waals surface area contributed by atoms with Gasteiger partial charge in [-0.3, -0.25) is 10.1 Å². The summed E-state index contributed by atoms with van der Waals surface area (Å²) in [6.07, 6.45) is -10.8. The Kier molecular flexibility index (Phi) is 5.37. The highest BCUT2D eigenvalue weighted by atomic mass is 19.4. The van der Waals surface area contributed by atoms with Crippen LogP contribution in [0.3, 0.4) is 0 Å². The van der Waals surface area contributed by atoms with E-state index in [4.69, 9.17) is 0 Å². The van der Waals surface area contributed by atoms with Crippen molar-refractivity contribution in [2.75, 3.05) is 0 Å². The Balaban J connectivity index is 3.09. The maximum atomic E-state index is 12.1. The summed E-state index contributed by atoms with van der Waals surface area (Å²) in [7, 11) is 0. The fourth-order valence-electron chi connectivity index (χ4n) is 1.27. The van der Waals surface area contributed by atoms with Crippen LogP contribution in [0.5, 0.6) is 5.75 Å². The SMILES string of the molecule is O=C(OCc1cc([N+](=O)[O-])ccc1OC(=O)C(F)(F)F)C(F)(F)F. The van der Waals surface area contributed by atoms with Crippen LogP contribution in [0, 0.1) is 10.1 Å². The molecule has 13 heteroatoms. The van der Waals surface area contributed by atoms with E-state index in [1.54, 1.807) is 0 Å². The number of nitro groups is 1. The van der Waals surface area contributed by atoms with Gasteiger partial charge in [0.1, 0.15) is 12.4 Å². The Morgan fingerprint density at radius 3 is 2.04 bits per heavy atom. The van der Waals surface area contributed by atoms with Crippen molar-refractivity contribution < 1.29 is 50.3 Å². The zero-order valence-electron chi connectivity index (χ0n) is 11.1. The standard InChI is InChI=1S/C11H5F6NO6/c12-10(13,14)8(19)23-4-5-3-6(18(21)22)1-2-7(5)24-9(20)11(15,16)17/h1-3H,4H2. The molecule has 0 aliphatic rings. The molecule has 0 saturated carbocycles. The minimum absolute atomic E-state index is 0.503. The molecule has 1 aromatic rings. The summed E-state index contributed by atoms with van der Waals surface area (Å²) in [6, 6.07) is 1.70.